The summed E-state index contributed by atoms with van der Waals surface area (Å²) in [5.74, 6) is 1.05. The van der Waals surface area contributed by atoms with Crippen LogP contribution in [0.5, 0.6) is 0 Å². The number of aromatic nitrogens is 3. The van der Waals surface area contributed by atoms with Crippen LogP contribution in [0.2, 0.25) is 10.0 Å². The SMILES string of the molecule is O=C(Nc1ccc(Cl)cn1)C1CCCN(C(=O)CCCc2nc(-c3ccc(Cl)cc3)no2)C1. The molecule has 33 heavy (non-hydrogen) atoms. The predicted molar refractivity (Wildman–Crippen MR) is 125 cm³/mol. The quantitative estimate of drug-likeness (QED) is 0.520. The summed E-state index contributed by atoms with van der Waals surface area (Å²) in [4.78, 5) is 35.5. The number of aryl methyl sites for hydroxylation is 1. The summed E-state index contributed by atoms with van der Waals surface area (Å²) < 4.78 is 5.30. The predicted octanol–water partition coefficient (Wildman–Crippen LogP) is 4.64. The monoisotopic (exact) mass is 487 g/mol. The van der Waals surface area contributed by atoms with Gasteiger partial charge in [-0.25, -0.2) is 4.98 Å². The van der Waals surface area contributed by atoms with E-state index in [2.05, 4.69) is 20.4 Å². The van der Waals surface area contributed by atoms with Crippen molar-refractivity contribution in [2.75, 3.05) is 18.4 Å². The van der Waals surface area contributed by atoms with E-state index in [9.17, 15) is 9.59 Å². The molecule has 1 aliphatic heterocycles. The number of rotatable bonds is 7. The van der Waals surface area contributed by atoms with E-state index in [4.69, 9.17) is 27.7 Å². The summed E-state index contributed by atoms with van der Waals surface area (Å²) >= 11 is 11.7. The minimum atomic E-state index is -0.266. The number of carbonyl (C=O) groups excluding carboxylic acids is 2. The van der Waals surface area contributed by atoms with Gasteiger partial charge in [-0.1, -0.05) is 28.4 Å². The third-order valence-corrected chi connectivity index (χ3v) is 5.95. The van der Waals surface area contributed by atoms with Crippen molar-refractivity contribution in [1.82, 2.24) is 20.0 Å². The van der Waals surface area contributed by atoms with E-state index < -0.39 is 0 Å². The maximum Gasteiger partial charge on any atom is 0.230 e. The Morgan fingerprint density at radius 3 is 2.67 bits per heavy atom. The van der Waals surface area contributed by atoms with Gasteiger partial charge in [-0.2, -0.15) is 4.98 Å². The molecule has 10 heteroatoms. The number of nitrogens with one attached hydrogen (secondary N) is 1. The normalized spacial score (nSPS) is 15.9. The number of anilines is 1. The van der Waals surface area contributed by atoms with E-state index in [0.29, 0.717) is 59.9 Å². The number of likely N-dealkylation sites (tertiary alicyclic amines) is 1. The zero-order valence-electron chi connectivity index (χ0n) is 17.8. The number of amides is 2. The standard InChI is InChI=1S/C23H23Cl2N5O3/c24-17-8-6-15(7-9-17)22-28-20(33-29-22)4-1-5-21(31)30-12-2-3-16(14-30)23(32)27-19-11-10-18(25)13-26-19/h6-11,13,16H,1-5,12,14H2,(H,26,27,32). The second kappa shape index (κ2) is 10.8. The number of piperidine rings is 1. The molecule has 0 radical (unpaired) electrons. The molecule has 8 nitrogen and oxygen atoms in total. The fourth-order valence-corrected chi connectivity index (χ4v) is 3.96. The minimum Gasteiger partial charge on any atom is -0.342 e. The van der Waals surface area contributed by atoms with Gasteiger partial charge in [0.25, 0.3) is 0 Å². The van der Waals surface area contributed by atoms with Gasteiger partial charge < -0.3 is 14.7 Å². The number of nitrogens with zero attached hydrogens (tertiary/aromatic N) is 4. The molecule has 4 rings (SSSR count). The molecule has 1 aliphatic rings. The first-order chi connectivity index (χ1) is 16.0. The van der Waals surface area contributed by atoms with Gasteiger partial charge in [-0.05, 0) is 55.7 Å². The van der Waals surface area contributed by atoms with Crippen molar-refractivity contribution in [2.45, 2.75) is 32.1 Å². The van der Waals surface area contributed by atoms with E-state index in [1.54, 1.807) is 29.2 Å². The second-order valence-corrected chi connectivity index (χ2v) is 8.77. The lowest BCUT2D eigenvalue weighted by Crippen LogP contribution is -2.43. The third kappa shape index (κ3) is 6.30. The van der Waals surface area contributed by atoms with Crippen LogP contribution in [0, 0.1) is 5.92 Å². The van der Waals surface area contributed by atoms with Crippen molar-refractivity contribution >= 4 is 40.8 Å². The molecule has 3 heterocycles. The van der Waals surface area contributed by atoms with Crippen LogP contribution in [0.25, 0.3) is 11.4 Å². The smallest absolute Gasteiger partial charge is 0.230 e. The summed E-state index contributed by atoms with van der Waals surface area (Å²) in [6.07, 6.45) is 4.45. The molecular weight excluding hydrogens is 465 g/mol. The lowest BCUT2D eigenvalue weighted by Gasteiger charge is -2.32. The van der Waals surface area contributed by atoms with Crippen LogP contribution in [0.3, 0.4) is 0 Å². The van der Waals surface area contributed by atoms with Crippen molar-refractivity contribution < 1.29 is 14.1 Å². The summed E-state index contributed by atoms with van der Waals surface area (Å²) in [5.41, 5.74) is 0.817. The van der Waals surface area contributed by atoms with Crippen LogP contribution in [-0.4, -0.2) is 44.9 Å². The maximum absolute atomic E-state index is 12.7. The largest absolute Gasteiger partial charge is 0.342 e. The lowest BCUT2D eigenvalue weighted by molar-refractivity contribution is -0.134. The molecule has 172 valence electrons. The summed E-state index contributed by atoms with van der Waals surface area (Å²) in [6, 6.07) is 10.5. The summed E-state index contributed by atoms with van der Waals surface area (Å²) in [7, 11) is 0. The van der Waals surface area contributed by atoms with E-state index in [1.807, 2.05) is 12.1 Å². The van der Waals surface area contributed by atoms with Gasteiger partial charge in [-0.15, -0.1) is 0 Å². The van der Waals surface area contributed by atoms with Gasteiger partial charge in [-0.3, -0.25) is 9.59 Å². The number of benzene rings is 1. The molecule has 2 amide bonds. The molecule has 1 unspecified atom stereocenters. The van der Waals surface area contributed by atoms with Gasteiger partial charge in [0, 0.05) is 42.7 Å². The highest BCUT2D eigenvalue weighted by molar-refractivity contribution is 6.30. The number of pyridine rings is 1. The summed E-state index contributed by atoms with van der Waals surface area (Å²) in [6.45, 7) is 1.06. The molecule has 1 fully saturated rings. The van der Waals surface area contributed by atoms with Crippen molar-refractivity contribution in [3.05, 3.63) is 58.5 Å². The molecule has 1 N–H and O–H groups in total. The number of halogens is 2. The number of carbonyl (C=O) groups is 2. The Labute approximate surface area is 201 Å². The van der Waals surface area contributed by atoms with Crippen LogP contribution >= 0.6 is 23.2 Å². The van der Waals surface area contributed by atoms with E-state index in [1.165, 1.54) is 6.20 Å². The molecule has 1 aromatic carbocycles. The van der Waals surface area contributed by atoms with E-state index >= 15 is 0 Å². The van der Waals surface area contributed by atoms with Gasteiger partial charge >= 0.3 is 0 Å². The van der Waals surface area contributed by atoms with Gasteiger partial charge in [0.15, 0.2) is 0 Å². The second-order valence-electron chi connectivity index (χ2n) is 7.90. The van der Waals surface area contributed by atoms with Crippen molar-refractivity contribution in [2.24, 2.45) is 5.92 Å². The first-order valence-corrected chi connectivity index (χ1v) is 11.5. The average Bonchev–Trinajstić information content (AvgIpc) is 3.30. The van der Waals surface area contributed by atoms with E-state index in [-0.39, 0.29) is 17.7 Å². The molecule has 0 bridgehead atoms. The Kier molecular flexibility index (Phi) is 7.57. The molecule has 1 saturated heterocycles. The van der Waals surface area contributed by atoms with Crippen molar-refractivity contribution in [3.8, 4) is 11.4 Å². The Morgan fingerprint density at radius 2 is 1.91 bits per heavy atom. The average molecular weight is 488 g/mol. The Morgan fingerprint density at radius 1 is 1.12 bits per heavy atom. The lowest BCUT2D eigenvalue weighted by atomic mass is 9.96. The molecule has 0 spiro atoms. The highest BCUT2D eigenvalue weighted by atomic mass is 35.5. The highest BCUT2D eigenvalue weighted by Crippen LogP contribution is 2.21. The topological polar surface area (TPSA) is 101 Å². The molecule has 0 aliphatic carbocycles. The van der Waals surface area contributed by atoms with Gasteiger partial charge in [0.1, 0.15) is 5.82 Å². The Hall–Kier alpha value is -2.97. The van der Waals surface area contributed by atoms with Crippen molar-refractivity contribution in [1.29, 1.82) is 0 Å². The van der Waals surface area contributed by atoms with Crippen LogP contribution in [0.1, 0.15) is 31.6 Å². The molecule has 3 aromatic rings. The zero-order valence-corrected chi connectivity index (χ0v) is 19.3. The van der Waals surface area contributed by atoms with E-state index in [0.717, 1.165) is 18.4 Å². The van der Waals surface area contributed by atoms with Crippen LogP contribution in [-0.2, 0) is 16.0 Å². The van der Waals surface area contributed by atoms with Crippen molar-refractivity contribution in [3.63, 3.8) is 0 Å². The molecule has 0 saturated carbocycles. The van der Waals surface area contributed by atoms with Crippen LogP contribution < -0.4 is 5.32 Å². The first kappa shape index (κ1) is 23.2. The minimum absolute atomic E-state index is 0.0227. The molecular formula is C23H23Cl2N5O3. The fourth-order valence-electron chi connectivity index (χ4n) is 3.72. The summed E-state index contributed by atoms with van der Waals surface area (Å²) in [5, 5.41) is 7.93. The first-order valence-electron chi connectivity index (χ1n) is 10.8. The molecule has 1 atom stereocenters. The van der Waals surface area contributed by atoms with Gasteiger partial charge in [0.2, 0.25) is 23.5 Å². The highest BCUT2D eigenvalue weighted by Gasteiger charge is 2.28. The fraction of sp³-hybridized carbons (Fsp3) is 0.348. The third-order valence-electron chi connectivity index (χ3n) is 5.48. The van der Waals surface area contributed by atoms with Crippen LogP contribution in [0.15, 0.2) is 47.1 Å². The number of hydrogen-bond acceptors (Lipinski definition) is 6. The zero-order chi connectivity index (χ0) is 23.2. The number of hydrogen-bond donors (Lipinski definition) is 1. The van der Waals surface area contributed by atoms with Crippen LogP contribution in [0.4, 0.5) is 5.82 Å². The Balaban J connectivity index is 1.24. The Bertz CT molecular complexity index is 1100. The maximum atomic E-state index is 12.7. The molecule has 2 aromatic heterocycles. The van der Waals surface area contributed by atoms with Gasteiger partial charge in [0.05, 0.1) is 10.9 Å².